The highest BCUT2D eigenvalue weighted by Crippen LogP contribution is 2.40. The fourth-order valence-corrected chi connectivity index (χ4v) is 9.36. The zero-order chi connectivity index (χ0) is 44.7. The van der Waals surface area contributed by atoms with E-state index in [1.54, 1.807) is 50.4 Å². The summed E-state index contributed by atoms with van der Waals surface area (Å²) in [7, 11) is 0. The van der Waals surface area contributed by atoms with Crippen molar-refractivity contribution in [2.45, 2.75) is 44.6 Å². The highest BCUT2D eigenvalue weighted by molar-refractivity contribution is 7.89. The first-order valence-electron chi connectivity index (χ1n) is 20.2. The lowest BCUT2D eigenvalue weighted by molar-refractivity contribution is 0.154. The molecule has 0 saturated carbocycles. The Morgan fingerprint density at radius 2 is 1.30 bits per heavy atom. The van der Waals surface area contributed by atoms with E-state index >= 15 is 0 Å². The smallest absolute Gasteiger partial charge is 0.321 e. The molecular weight excluding hydrogens is 873 g/mol. The molecule has 6 N–H and O–H groups in total. The summed E-state index contributed by atoms with van der Waals surface area (Å²) in [5.41, 5.74) is 8.13. The second kappa shape index (κ2) is 19.9. The first-order chi connectivity index (χ1) is 31.0. The fourth-order valence-electron chi connectivity index (χ4n) is 6.79. The van der Waals surface area contributed by atoms with Crippen LogP contribution in [0.1, 0.15) is 56.1 Å². The standard InChI is InChI=1S/C44H42N12O5S3/c1-4-45-41(59)55-43-53-34-17-26(15-30(37(34)62-43)32-8-5-6-11-46-32)29-21-51-40(52-22-29)36(58)9-7-12-48-42(60)56-44-54-35-18-27(28-19-49-39(24(2)57)50-20-28)16-31(38(35)63-44)33-14-25(10-13-47-33)23-64(3)61/h5-6,8,10-11,13-22,24,36,57-58H,4,7,9,12,23H2,1-3H3,(H2,45,53,55,59)(H2,48,54,56,60). The Balaban J connectivity index is 0.921. The average molecular weight is 915 g/mol. The van der Waals surface area contributed by atoms with Crippen molar-refractivity contribution in [3.05, 3.63) is 109 Å². The topological polar surface area (TPSA) is 249 Å². The Morgan fingerprint density at radius 1 is 0.719 bits per heavy atom. The molecule has 0 spiro atoms. The molecule has 0 saturated heterocycles. The molecular formula is C44H42N12O5S3. The van der Waals surface area contributed by atoms with Gasteiger partial charge in [0.2, 0.25) is 0 Å². The number of carbonyl (C=O) groups is 2. The van der Waals surface area contributed by atoms with Crippen LogP contribution in [0.25, 0.3) is 65.2 Å². The number of nitrogens with zero attached hydrogens (tertiary/aromatic N) is 8. The molecule has 0 aliphatic rings. The molecule has 2 aromatic carbocycles. The molecule has 6 aromatic heterocycles. The summed E-state index contributed by atoms with van der Waals surface area (Å²) in [6, 6.07) is 16.3. The van der Waals surface area contributed by atoms with E-state index in [-0.39, 0.29) is 18.4 Å². The molecule has 4 amide bonds. The van der Waals surface area contributed by atoms with E-state index in [2.05, 4.69) is 56.2 Å². The zero-order valence-electron chi connectivity index (χ0n) is 34.8. The fraction of sp³-hybridized carbons (Fsp3) is 0.227. The van der Waals surface area contributed by atoms with Gasteiger partial charge in [-0.3, -0.25) is 20.6 Å². The van der Waals surface area contributed by atoms with Crippen molar-refractivity contribution in [1.29, 1.82) is 0 Å². The molecule has 326 valence electrons. The Labute approximate surface area is 378 Å². The van der Waals surface area contributed by atoms with Gasteiger partial charge < -0.3 is 25.4 Å². The minimum atomic E-state index is -1.05. The summed E-state index contributed by atoms with van der Waals surface area (Å²) in [4.78, 5) is 61.4. The van der Waals surface area contributed by atoms with Crippen LogP contribution < -0.4 is 21.3 Å². The number of thiazole rings is 2. The molecule has 17 nitrogen and oxygen atoms in total. The zero-order valence-corrected chi connectivity index (χ0v) is 37.2. The molecule has 3 unspecified atom stereocenters. The number of fused-ring (bicyclic) bond motifs is 2. The number of amides is 4. The van der Waals surface area contributed by atoms with Gasteiger partial charge in [-0.25, -0.2) is 39.5 Å². The van der Waals surface area contributed by atoms with Gasteiger partial charge in [0.25, 0.3) is 0 Å². The third-order valence-electron chi connectivity index (χ3n) is 9.79. The van der Waals surface area contributed by atoms with Gasteiger partial charge in [0.15, 0.2) is 21.9 Å². The lowest BCUT2D eigenvalue weighted by atomic mass is 10.0. The number of anilines is 2. The van der Waals surface area contributed by atoms with Gasteiger partial charge >= 0.3 is 12.1 Å². The minimum absolute atomic E-state index is 0.249. The monoisotopic (exact) mass is 914 g/mol. The number of benzene rings is 2. The average Bonchev–Trinajstić information content (AvgIpc) is 3.90. The minimum Gasteiger partial charge on any atom is -0.616 e. The molecule has 8 rings (SSSR count). The van der Waals surface area contributed by atoms with E-state index in [1.807, 2.05) is 61.5 Å². The molecule has 3 atom stereocenters. The van der Waals surface area contributed by atoms with Gasteiger partial charge in [0.05, 0.1) is 38.1 Å². The SMILES string of the molecule is CCNC(=O)Nc1nc2cc(-c3cnc(C(O)CCCNC(=O)Nc4nc5cc(-c6cnc(C(C)O)nc6)cc(-c6cc(C[S+](C)[O-])ccn6)c5s4)nc3)cc(-c3ccccn3)c2s1. The number of nitrogens with one attached hydrogen (secondary N) is 4. The number of aliphatic hydroxyl groups excluding tert-OH is 2. The van der Waals surface area contributed by atoms with E-state index in [9.17, 15) is 24.4 Å². The molecule has 20 heteroatoms. The maximum atomic E-state index is 13.1. The van der Waals surface area contributed by atoms with E-state index in [0.717, 1.165) is 42.9 Å². The van der Waals surface area contributed by atoms with Crippen molar-refractivity contribution >= 4 is 76.6 Å². The molecule has 0 fully saturated rings. The van der Waals surface area contributed by atoms with Crippen molar-refractivity contribution in [3.63, 3.8) is 0 Å². The number of pyridine rings is 2. The quantitative estimate of drug-likeness (QED) is 0.0428. The number of carbonyl (C=O) groups excluding carboxylic acids is 2. The second-order valence-corrected chi connectivity index (χ2v) is 18.1. The highest BCUT2D eigenvalue weighted by Gasteiger charge is 2.19. The summed E-state index contributed by atoms with van der Waals surface area (Å²) in [6.07, 6.45) is 10.6. The largest absolute Gasteiger partial charge is 0.616 e. The van der Waals surface area contributed by atoms with Crippen molar-refractivity contribution in [2.24, 2.45) is 0 Å². The van der Waals surface area contributed by atoms with E-state index < -0.39 is 29.4 Å². The van der Waals surface area contributed by atoms with Crippen LogP contribution in [0.5, 0.6) is 0 Å². The van der Waals surface area contributed by atoms with Gasteiger partial charge in [0, 0.05) is 78.1 Å². The summed E-state index contributed by atoms with van der Waals surface area (Å²) in [5, 5.41) is 32.9. The molecule has 0 aliphatic carbocycles. The first kappa shape index (κ1) is 44.1. The van der Waals surface area contributed by atoms with Crippen LogP contribution >= 0.6 is 22.7 Å². The Kier molecular flexibility index (Phi) is 13.7. The third-order valence-corrected chi connectivity index (χ3v) is 12.6. The van der Waals surface area contributed by atoms with Crippen molar-refractivity contribution in [2.75, 3.05) is 30.0 Å². The van der Waals surface area contributed by atoms with Crippen LogP contribution in [0, 0.1) is 0 Å². The molecule has 8 aromatic rings. The molecule has 0 aliphatic heterocycles. The maximum absolute atomic E-state index is 13.1. The summed E-state index contributed by atoms with van der Waals surface area (Å²) < 4.78 is 13.7. The van der Waals surface area contributed by atoms with E-state index in [0.29, 0.717) is 69.1 Å². The van der Waals surface area contributed by atoms with Gasteiger partial charge in [-0.1, -0.05) is 39.9 Å². The van der Waals surface area contributed by atoms with Gasteiger partial charge in [-0.15, -0.1) is 0 Å². The number of hydrogen-bond acceptors (Lipinski definition) is 15. The van der Waals surface area contributed by atoms with Crippen molar-refractivity contribution in [1.82, 2.24) is 50.5 Å². The van der Waals surface area contributed by atoms with Crippen LogP contribution in [0.2, 0.25) is 0 Å². The number of urea groups is 2. The van der Waals surface area contributed by atoms with Crippen molar-refractivity contribution in [3.8, 4) is 44.8 Å². The lowest BCUT2D eigenvalue weighted by Crippen LogP contribution is -2.29. The number of aromatic nitrogens is 8. The Morgan fingerprint density at radius 3 is 1.86 bits per heavy atom. The van der Waals surface area contributed by atoms with Gasteiger partial charge in [0.1, 0.15) is 18.0 Å². The van der Waals surface area contributed by atoms with Gasteiger partial charge in [-0.05, 0) is 86.3 Å². The maximum Gasteiger partial charge on any atom is 0.321 e. The van der Waals surface area contributed by atoms with Crippen LogP contribution in [0.15, 0.2) is 91.8 Å². The van der Waals surface area contributed by atoms with Crippen molar-refractivity contribution < 1.29 is 24.4 Å². The molecule has 6 heterocycles. The number of rotatable bonds is 15. The van der Waals surface area contributed by atoms with Crippen LogP contribution in [-0.4, -0.2) is 86.0 Å². The van der Waals surface area contributed by atoms with Crippen LogP contribution in [-0.2, 0) is 16.9 Å². The highest BCUT2D eigenvalue weighted by atomic mass is 32.2. The normalized spacial score (nSPS) is 12.8. The Hall–Kier alpha value is -6.55. The van der Waals surface area contributed by atoms with E-state index in [1.165, 1.54) is 22.7 Å². The van der Waals surface area contributed by atoms with Crippen LogP contribution in [0.3, 0.4) is 0 Å². The predicted molar refractivity (Wildman–Crippen MR) is 250 cm³/mol. The van der Waals surface area contributed by atoms with Gasteiger partial charge in [-0.2, -0.15) is 0 Å². The van der Waals surface area contributed by atoms with Crippen LogP contribution in [0.4, 0.5) is 19.9 Å². The number of aliphatic hydroxyl groups is 2. The third kappa shape index (κ3) is 10.4. The lowest BCUT2D eigenvalue weighted by Gasteiger charge is -2.11. The number of hydrogen-bond donors (Lipinski definition) is 6. The summed E-state index contributed by atoms with van der Waals surface area (Å²) in [5.74, 6) is 0.930. The molecule has 64 heavy (non-hydrogen) atoms. The molecule has 0 bridgehead atoms. The van der Waals surface area contributed by atoms with E-state index in [4.69, 9.17) is 4.98 Å². The second-order valence-electron chi connectivity index (χ2n) is 14.6. The molecule has 0 radical (unpaired) electrons. The predicted octanol–water partition coefficient (Wildman–Crippen LogP) is 7.65. The summed E-state index contributed by atoms with van der Waals surface area (Å²) >= 11 is 1.61. The summed E-state index contributed by atoms with van der Waals surface area (Å²) in [6.45, 7) is 4.18. The Bertz CT molecular complexity index is 2910. The first-order valence-corrected chi connectivity index (χ1v) is 23.5.